The first kappa shape index (κ1) is 31.0. The molecule has 3 amide bonds. The van der Waals surface area contributed by atoms with Crippen molar-refractivity contribution in [1.29, 1.82) is 0 Å². The van der Waals surface area contributed by atoms with Crippen LogP contribution in [0.4, 0.5) is 10.5 Å². The number of carbonyl (C=O) groups is 3. The number of nitrogens with zero attached hydrogens (tertiary/aromatic N) is 1. The molecule has 40 heavy (non-hydrogen) atoms. The number of benzene rings is 3. The smallest absolute Gasteiger partial charge is 0.408 e. The van der Waals surface area contributed by atoms with E-state index in [4.69, 9.17) is 4.74 Å². The van der Waals surface area contributed by atoms with E-state index in [1.807, 2.05) is 81.4 Å². The quantitative estimate of drug-likeness (QED) is 0.243. The Morgan fingerprint density at radius 3 is 2.33 bits per heavy atom. The van der Waals surface area contributed by atoms with E-state index in [1.165, 1.54) is 0 Å². The van der Waals surface area contributed by atoms with Crippen LogP contribution in [0.3, 0.4) is 0 Å². The fourth-order valence-electron chi connectivity index (χ4n) is 4.51. The lowest BCUT2D eigenvalue weighted by atomic mass is 9.95. The van der Waals surface area contributed by atoms with Crippen LogP contribution in [-0.2, 0) is 14.3 Å². The number of hydrogen-bond acceptors (Lipinski definition) is 5. The number of carbonyl (C=O) groups excluding carboxylic acids is 3. The standard InChI is InChI=1S/C32H41N3O4S/c1-7-8-17-35(30(37)27(20-40)34-31(38)39-32(4,5)6)28(26-18-21(2)13-14-22(26)3)29(36)33-25-16-15-23-11-9-10-12-24(23)19-25/h9-16,18-19,27-28,40H,7-8,17,20H2,1-6H3,(H,33,36)(H,34,38). The number of hydrogen-bond donors (Lipinski definition) is 3. The second kappa shape index (κ2) is 13.7. The topological polar surface area (TPSA) is 87.7 Å². The van der Waals surface area contributed by atoms with Gasteiger partial charge in [0.1, 0.15) is 17.7 Å². The highest BCUT2D eigenvalue weighted by atomic mass is 32.1. The Morgan fingerprint density at radius 2 is 1.68 bits per heavy atom. The van der Waals surface area contributed by atoms with Crippen LogP contribution in [0, 0.1) is 13.8 Å². The van der Waals surface area contributed by atoms with Crippen molar-refractivity contribution in [2.24, 2.45) is 0 Å². The number of thiol groups is 1. The molecule has 0 aliphatic carbocycles. The van der Waals surface area contributed by atoms with Crippen molar-refractivity contribution in [1.82, 2.24) is 10.2 Å². The summed E-state index contributed by atoms with van der Waals surface area (Å²) in [5.74, 6) is -0.676. The molecule has 2 unspecified atom stereocenters. The van der Waals surface area contributed by atoms with Gasteiger partial charge >= 0.3 is 6.09 Å². The zero-order chi connectivity index (χ0) is 29.4. The molecule has 0 saturated carbocycles. The highest BCUT2D eigenvalue weighted by molar-refractivity contribution is 7.80. The number of anilines is 1. The molecular weight excluding hydrogens is 522 g/mol. The van der Waals surface area contributed by atoms with Crippen LogP contribution >= 0.6 is 12.6 Å². The average molecular weight is 564 g/mol. The summed E-state index contributed by atoms with van der Waals surface area (Å²) in [6.45, 7) is 11.5. The van der Waals surface area contributed by atoms with Crippen molar-refractivity contribution in [3.05, 3.63) is 77.4 Å². The summed E-state index contributed by atoms with van der Waals surface area (Å²) in [5.41, 5.74) is 2.51. The zero-order valence-electron chi connectivity index (χ0n) is 24.3. The second-order valence-electron chi connectivity index (χ2n) is 11.1. The Balaban J connectivity index is 2.02. The van der Waals surface area contributed by atoms with E-state index in [-0.39, 0.29) is 11.7 Å². The molecule has 0 heterocycles. The maximum absolute atomic E-state index is 14.1. The molecule has 3 rings (SSSR count). The van der Waals surface area contributed by atoms with E-state index in [0.717, 1.165) is 33.9 Å². The first-order valence-electron chi connectivity index (χ1n) is 13.7. The first-order valence-corrected chi connectivity index (χ1v) is 14.3. The van der Waals surface area contributed by atoms with Crippen molar-refractivity contribution < 1.29 is 19.1 Å². The number of amides is 3. The number of alkyl carbamates (subject to hydrolysis) is 1. The monoisotopic (exact) mass is 563 g/mol. The van der Waals surface area contributed by atoms with Crippen molar-refractivity contribution in [2.45, 2.75) is 72.1 Å². The van der Waals surface area contributed by atoms with Gasteiger partial charge < -0.3 is 20.3 Å². The van der Waals surface area contributed by atoms with Gasteiger partial charge in [-0.2, -0.15) is 12.6 Å². The van der Waals surface area contributed by atoms with Gasteiger partial charge in [-0.05, 0) is 75.1 Å². The third-order valence-corrected chi connectivity index (χ3v) is 6.88. The van der Waals surface area contributed by atoms with E-state index in [1.54, 1.807) is 25.7 Å². The van der Waals surface area contributed by atoms with E-state index in [0.29, 0.717) is 18.7 Å². The van der Waals surface area contributed by atoms with Crippen molar-refractivity contribution in [2.75, 3.05) is 17.6 Å². The van der Waals surface area contributed by atoms with Gasteiger partial charge in [0.25, 0.3) is 5.91 Å². The molecule has 3 aromatic carbocycles. The fraction of sp³-hybridized carbons (Fsp3) is 0.406. The van der Waals surface area contributed by atoms with Gasteiger partial charge in [-0.15, -0.1) is 0 Å². The Labute approximate surface area is 243 Å². The minimum atomic E-state index is -0.976. The molecule has 0 bridgehead atoms. The van der Waals surface area contributed by atoms with E-state index < -0.39 is 29.7 Å². The Kier molecular flexibility index (Phi) is 10.6. The van der Waals surface area contributed by atoms with Gasteiger partial charge in [0.2, 0.25) is 5.91 Å². The number of ether oxygens (including phenoxy) is 1. The van der Waals surface area contributed by atoms with E-state index >= 15 is 0 Å². The first-order chi connectivity index (χ1) is 18.9. The van der Waals surface area contributed by atoms with Crippen LogP contribution in [0.15, 0.2) is 60.7 Å². The van der Waals surface area contributed by atoms with E-state index in [9.17, 15) is 14.4 Å². The van der Waals surface area contributed by atoms with Crippen LogP contribution in [-0.4, -0.2) is 46.7 Å². The minimum absolute atomic E-state index is 0.0481. The summed E-state index contributed by atoms with van der Waals surface area (Å²) >= 11 is 4.37. The van der Waals surface area contributed by atoms with Gasteiger partial charge in [-0.3, -0.25) is 9.59 Å². The summed E-state index contributed by atoms with van der Waals surface area (Å²) < 4.78 is 5.39. The summed E-state index contributed by atoms with van der Waals surface area (Å²) in [6.07, 6.45) is 0.794. The van der Waals surface area contributed by atoms with Gasteiger partial charge in [-0.25, -0.2) is 4.79 Å². The summed E-state index contributed by atoms with van der Waals surface area (Å²) in [5, 5.41) is 7.78. The molecule has 0 aliphatic heterocycles. The lowest BCUT2D eigenvalue weighted by Gasteiger charge is -2.35. The SMILES string of the molecule is CCCCN(C(=O)C(CS)NC(=O)OC(C)(C)C)C(C(=O)Nc1ccc2ccccc2c1)c1cc(C)ccc1C. The normalized spacial score (nSPS) is 12.9. The van der Waals surface area contributed by atoms with Gasteiger partial charge in [0.05, 0.1) is 0 Å². The summed E-state index contributed by atoms with van der Waals surface area (Å²) in [4.78, 5) is 42.3. The highest BCUT2D eigenvalue weighted by Crippen LogP contribution is 2.29. The highest BCUT2D eigenvalue weighted by Gasteiger charge is 2.36. The predicted molar refractivity (Wildman–Crippen MR) is 165 cm³/mol. The molecule has 0 aromatic heterocycles. The lowest BCUT2D eigenvalue weighted by molar-refractivity contribution is -0.140. The summed E-state index contributed by atoms with van der Waals surface area (Å²) in [6, 6.07) is 17.7. The Hall–Kier alpha value is -3.52. The van der Waals surface area contributed by atoms with Crippen LogP contribution in [0.5, 0.6) is 0 Å². The van der Waals surface area contributed by atoms with Gasteiger partial charge in [0.15, 0.2) is 0 Å². The van der Waals surface area contributed by atoms with Crippen molar-refractivity contribution in [3.63, 3.8) is 0 Å². The van der Waals surface area contributed by atoms with Gasteiger partial charge in [0, 0.05) is 18.0 Å². The van der Waals surface area contributed by atoms with Crippen LogP contribution in [0.2, 0.25) is 0 Å². The summed E-state index contributed by atoms with van der Waals surface area (Å²) in [7, 11) is 0. The molecule has 214 valence electrons. The molecule has 2 N–H and O–H groups in total. The number of aryl methyl sites for hydroxylation is 2. The van der Waals surface area contributed by atoms with E-state index in [2.05, 4.69) is 23.3 Å². The van der Waals surface area contributed by atoms with Crippen molar-refractivity contribution in [3.8, 4) is 0 Å². The molecule has 0 radical (unpaired) electrons. The lowest BCUT2D eigenvalue weighted by Crippen LogP contribution is -2.53. The molecular formula is C32H41N3O4S. The number of rotatable bonds is 10. The number of unbranched alkanes of at least 4 members (excludes halogenated alkanes) is 1. The molecule has 0 saturated heterocycles. The maximum atomic E-state index is 14.1. The largest absolute Gasteiger partial charge is 0.444 e. The molecule has 0 fully saturated rings. The molecule has 7 nitrogen and oxygen atoms in total. The Bertz CT molecular complexity index is 1350. The molecule has 2 atom stereocenters. The average Bonchev–Trinajstić information content (AvgIpc) is 2.89. The van der Waals surface area contributed by atoms with Gasteiger partial charge in [-0.1, -0.05) is 67.4 Å². The molecule has 3 aromatic rings. The third kappa shape index (κ3) is 8.24. The molecule has 8 heteroatoms. The second-order valence-corrected chi connectivity index (χ2v) is 11.4. The molecule has 0 aliphatic rings. The minimum Gasteiger partial charge on any atom is -0.444 e. The van der Waals surface area contributed by atoms with Crippen LogP contribution < -0.4 is 10.6 Å². The zero-order valence-corrected chi connectivity index (χ0v) is 25.2. The number of nitrogens with one attached hydrogen (secondary N) is 2. The maximum Gasteiger partial charge on any atom is 0.408 e. The molecule has 0 spiro atoms. The van der Waals surface area contributed by atoms with Crippen molar-refractivity contribution >= 4 is 47.0 Å². The number of fused-ring (bicyclic) bond motifs is 1. The fourth-order valence-corrected chi connectivity index (χ4v) is 4.76. The third-order valence-electron chi connectivity index (χ3n) is 6.51. The predicted octanol–water partition coefficient (Wildman–Crippen LogP) is 6.59. The van der Waals surface area contributed by atoms with Crippen LogP contribution in [0.1, 0.15) is 63.3 Å². The Morgan fingerprint density at radius 1 is 0.975 bits per heavy atom. The van der Waals surface area contributed by atoms with Crippen LogP contribution in [0.25, 0.3) is 10.8 Å².